The van der Waals surface area contributed by atoms with Crippen molar-refractivity contribution in [1.29, 1.82) is 0 Å². The number of thioether (sulfide) groups is 1. The lowest BCUT2D eigenvalue weighted by Gasteiger charge is -1.91. The smallest absolute Gasteiger partial charge is 0.119 e. The molecule has 1 rings (SSSR count). The summed E-state index contributed by atoms with van der Waals surface area (Å²) in [5.74, 6) is 0. The average molecular weight is 252 g/mol. The SMILES string of the molecule is CSc1cnc(I)cn1. The highest BCUT2D eigenvalue weighted by atomic mass is 127. The number of nitrogens with zero attached hydrogens (tertiary/aromatic N) is 2. The van der Waals surface area contributed by atoms with E-state index in [-0.39, 0.29) is 0 Å². The first-order valence-corrected chi connectivity index (χ1v) is 4.65. The molecule has 0 radical (unpaired) electrons. The highest BCUT2D eigenvalue weighted by molar-refractivity contribution is 14.1. The van der Waals surface area contributed by atoms with Crippen LogP contribution in [0.1, 0.15) is 0 Å². The van der Waals surface area contributed by atoms with Gasteiger partial charge in [0.1, 0.15) is 8.73 Å². The zero-order valence-corrected chi connectivity index (χ0v) is 7.81. The molecular weight excluding hydrogens is 247 g/mol. The molecule has 9 heavy (non-hydrogen) atoms. The minimum absolute atomic E-state index is 0.936. The van der Waals surface area contributed by atoms with Crippen LogP contribution in [0, 0.1) is 3.70 Å². The van der Waals surface area contributed by atoms with Gasteiger partial charge in [0.05, 0.1) is 12.4 Å². The van der Waals surface area contributed by atoms with Crippen LogP contribution in [0.2, 0.25) is 0 Å². The number of halogens is 1. The number of hydrogen-bond acceptors (Lipinski definition) is 3. The molecule has 0 aliphatic rings. The molecular formula is C5H5IN2S. The molecule has 0 fully saturated rings. The quantitative estimate of drug-likeness (QED) is 0.563. The second kappa shape index (κ2) is 3.36. The normalized spacial score (nSPS) is 9.56. The molecule has 48 valence electrons. The van der Waals surface area contributed by atoms with E-state index in [4.69, 9.17) is 0 Å². The zero-order chi connectivity index (χ0) is 6.69. The lowest BCUT2D eigenvalue weighted by Crippen LogP contribution is -1.83. The van der Waals surface area contributed by atoms with Crippen molar-refractivity contribution in [2.24, 2.45) is 0 Å². The lowest BCUT2D eigenvalue weighted by atomic mass is 10.8. The average Bonchev–Trinajstić information content (AvgIpc) is 1.90. The fourth-order valence-electron chi connectivity index (χ4n) is 0.406. The minimum atomic E-state index is 0.936. The van der Waals surface area contributed by atoms with Gasteiger partial charge in [-0.2, -0.15) is 0 Å². The van der Waals surface area contributed by atoms with Crippen LogP contribution >= 0.6 is 34.4 Å². The summed E-state index contributed by atoms with van der Waals surface area (Å²) in [6.45, 7) is 0. The molecule has 0 aliphatic heterocycles. The van der Waals surface area contributed by atoms with E-state index in [0.717, 1.165) is 8.73 Å². The molecule has 0 aliphatic carbocycles. The summed E-state index contributed by atoms with van der Waals surface area (Å²) in [5, 5.41) is 0.968. The van der Waals surface area contributed by atoms with Gasteiger partial charge in [-0.15, -0.1) is 11.8 Å². The highest BCUT2D eigenvalue weighted by Crippen LogP contribution is 2.08. The first-order valence-electron chi connectivity index (χ1n) is 2.34. The number of rotatable bonds is 1. The Morgan fingerprint density at radius 2 is 2.22 bits per heavy atom. The largest absolute Gasteiger partial charge is 0.246 e. The predicted octanol–water partition coefficient (Wildman–Crippen LogP) is 1.80. The second-order valence-corrected chi connectivity index (χ2v) is 3.31. The Balaban J connectivity index is 2.88. The van der Waals surface area contributed by atoms with Gasteiger partial charge < -0.3 is 0 Å². The van der Waals surface area contributed by atoms with Crippen molar-refractivity contribution >= 4 is 34.4 Å². The molecule has 4 heteroatoms. The fourth-order valence-corrected chi connectivity index (χ4v) is 1.00. The first kappa shape index (κ1) is 7.27. The minimum Gasteiger partial charge on any atom is -0.246 e. The summed E-state index contributed by atoms with van der Waals surface area (Å²) >= 11 is 3.73. The monoisotopic (exact) mass is 252 g/mol. The van der Waals surface area contributed by atoms with Crippen LogP contribution in [-0.2, 0) is 0 Å². The molecule has 0 amide bonds. The summed E-state index contributed by atoms with van der Waals surface area (Å²) < 4.78 is 0.936. The maximum absolute atomic E-state index is 4.09. The Hall–Kier alpha value is 0.160. The Labute approximate surface area is 71.6 Å². The molecule has 0 N–H and O–H groups in total. The van der Waals surface area contributed by atoms with Crippen LogP contribution < -0.4 is 0 Å². The van der Waals surface area contributed by atoms with E-state index in [0.29, 0.717) is 0 Å². The van der Waals surface area contributed by atoms with E-state index in [9.17, 15) is 0 Å². The summed E-state index contributed by atoms with van der Waals surface area (Å²) in [6, 6.07) is 0. The third-order valence-corrected chi connectivity index (χ3v) is 1.99. The van der Waals surface area contributed by atoms with Crippen molar-refractivity contribution in [3.8, 4) is 0 Å². The Morgan fingerprint density at radius 1 is 1.44 bits per heavy atom. The van der Waals surface area contributed by atoms with Crippen LogP contribution in [0.25, 0.3) is 0 Å². The molecule has 1 aromatic heterocycles. The maximum atomic E-state index is 4.09. The van der Waals surface area contributed by atoms with Crippen molar-refractivity contribution in [3.05, 3.63) is 16.1 Å². The van der Waals surface area contributed by atoms with Crippen LogP contribution in [0.5, 0.6) is 0 Å². The van der Waals surface area contributed by atoms with Crippen molar-refractivity contribution in [3.63, 3.8) is 0 Å². The van der Waals surface area contributed by atoms with Gasteiger partial charge in [0.25, 0.3) is 0 Å². The zero-order valence-electron chi connectivity index (χ0n) is 4.84. The molecule has 0 spiro atoms. The molecule has 2 nitrogen and oxygen atoms in total. The lowest BCUT2D eigenvalue weighted by molar-refractivity contribution is 1.03. The molecule has 0 aromatic carbocycles. The third-order valence-electron chi connectivity index (χ3n) is 0.806. The van der Waals surface area contributed by atoms with Crippen molar-refractivity contribution in [2.75, 3.05) is 6.26 Å². The van der Waals surface area contributed by atoms with E-state index < -0.39 is 0 Å². The second-order valence-electron chi connectivity index (χ2n) is 1.38. The van der Waals surface area contributed by atoms with E-state index in [2.05, 4.69) is 32.6 Å². The molecule has 0 saturated heterocycles. The van der Waals surface area contributed by atoms with Crippen molar-refractivity contribution in [1.82, 2.24) is 9.97 Å². The fraction of sp³-hybridized carbons (Fsp3) is 0.200. The number of aromatic nitrogens is 2. The van der Waals surface area contributed by atoms with Gasteiger partial charge in [0.15, 0.2) is 0 Å². The molecule has 1 heterocycles. The van der Waals surface area contributed by atoms with Crippen LogP contribution in [0.3, 0.4) is 0 Å². The Bertz CT molecular complexity index is 187. The summed E-state index contributed by atoms with van der Waals surface area (Å²) in [6.07, 6.45) is 5.51. The van der Waals surface area contributed by atoms with Gasteiger partial charge in [0.2, 0.25) is 0 Å². The van der Waals surface area contributed by atoms with E-state index >= 15 is 0 Å². The Morgan fingerprint density at radius 3 is 2.67 bits per heavy atom. The third kappa shape index (κ3) is 2.09. The molecule has 0 unspecified atom stereocenters. The van der Waals surface area contributed by atoms with Crippen LogP contribution in [0.15, 0.2) is 17.4 Å². The summed E-state index contributed by atoms with van der Waals surface area (Å²) in [7, 11) is 0. The van der Waals surface area contributed by atoms with Gasteiger partial charge in [-0.05, 0) is 28.8 Å². The van der Waals surface area contributed by atoms with Gasteiger partial charge >= 0.3 is 0 Å². The Kier molecular flexibility index (Phi) is 2.71. The molecule has 0 atom stereocenters. The van der Waals surface area contributed by atoms with Crippen LogP contribution in [-0.4, -0.2) is 16.2 Å². The van der Waals surface area contributed by atoms with Crippen molar-refractivity contribution in [2.45, 2.75) is 5.03 Å². The van der Waals surface area contributed by atoms with E-state index in [1.54, 1.807) is 24.2 Å². The standard InChI is InChI=1S/C5H5IN2S/c1-9-5-3-7-4(6)2-8-5/h2-3H,1H3. The predicted molar refractivity (Wildman–Crippen MR) is 46.5 cm³/mol. The van der Waals surface area contributed by atoms with Crippen molar-refractivity contribution < 1.29 is 0 Å². The van der Waals surface area contributed by atoms with Crippen LogP contribution in [0.4, 0.5) is 0 Å². The summed E-state index contributed by atoms with van der Waals surface area (Å²) in [5.41, 5.74) is 0. The summed E-state index contributed by atoms with van der Waals surface area (Å²) in [4.78, 5) is 8.14. The molecule has 0 saturated carbocycles. The van der Waals surface area contributed by atoms with E-state index in [1.165, 1.54) is 0 Å². The highest BCUT2D eigenvalue weighted by Gasteiger charge is 1.89. The topological polar surface area (TPSA) is 25.8 Å². The van der Waals surface area contributed by atoms with E-state index in [1.807, 2.05) is 6.26 Å². The molecule has 1 aromatic rings. The first-order chi connectivity index (χ1) is 4.33. The maximum Gasteiger partial charge on any atom is 0.119 e. The van der Waals surface area contributed by atoms with Gasteiger partial charge in [0, 0.05) is 0 Å². The van der Waals surface area contributed by atoms with Gasteiger partial charge in [-0.25, -0.2) is 9.97 Å². The van der Waals surface area contributed by atoms with Gasteiger partial charge in [-0.1, -0.05) is 0 Å². The number of hydrogen-bond donors (Lipinski definition) is 0. The van der Waals surface area contributed by atoms with Gasteiger partial charge in [-0.3, -0.25) is 0 Å². The molecule has 0 bridgehead atoms.